The van der Waals surface area contributed by atoms with Gasteiger partial charge in [-0.15, -0.1) is 24.2 Å². The number of nitrogens with two attached hydrogens (primary N) is 1. The molecule has 0 saturated carbocycles. The monoisotopic (exact) mass is 341 g/mol. The highest BCUT2D eigenvalue weighted by molar-refractivity contribution is 7.99. The van der Waals surface area contributed by atoms with E-state index in [1.165, 1.54) is 6.92 Å². The van der Waals surface area contributed by atoms with Crippen molar-refractivity contribution in [1.82, 2.24) is 4.90 Å². The molecule has 1 unspecified atom stereocenters. The van der Waals surface area contributed by atoms with E-state index in [9.17, 15) is 9.59 Å². The first-order valence-corrected chi connectivity index (χ1v) is 8.28. The van der Waals surface area contributed by atoms with Gasteiger partial charge in [-0.25, -0.2) is 0 Å². The smallest absolute Gasteiger partial charge is 0.250 e. The Labute approximate surface area is 140 Å². The summed E-state index contributed by atoms with van der Waals surface area (Å²) in [6, 6.07) is 5.36. The number of fused-ring (bicyclic) bond motifs is 1. The van der Waals surface area contributed by atoms with Crippen molar-refractivity contribution in [2.45, 2.75) is 25.8 Å². The van der Waals surface area contributed by atoms with E-state index in [0.29, 0.717) is 18.2 Å². The molecule has 1 aromatic carbocycles. The summed E-state index contributed by atoms with van der Waals surface area (Å²) in [7, 11) is 0. The van der Waals surface area contributed by atoms with Crippen LogP contribution in [0.15, 0.2) is 18.2 Å². The highest BCUT2D eigenvalue weighted by atomic mass is 35.5. The van der Waals surface area contributed by atoms with Crippen molar-refractivity contribution in [2.75, 3.05) is 28.8 Å². The predicted octanol–water partition coefficient (Wildman–Crippen LogP) is 1.89. The fourth-order valence-electron chi connectivity index (χ4n) is 3.02. The quantitative estimate of drug-likeness (QED) is 0.792. The van der Waals surface area contributed by atoms with Crippen LogP contribution in [0, 0.1) is 0 Å². The number of nitrogens with zero attached hydrogens (tertiary/aromatic N) is 2. The molecular weight excluding hydrogens is 322 g/mol. The predicted molar refractivity (Wildman–Crippen MR) is 92.4 cm³/mol. The van der Waals surface area contributed by atoms with Gasteiger partial charge in [0.2, 0.25) is 5.91 Å². The Balaban J connectivity index is 0.00000176. The van der Waals surface area contributed by atoms with Gasteiger partial charge in [-0.1, -0.05) is 6.07 Å². The van der Waals surface area contributed by atoms with E-state index in [-0.39, 0.29) is 30.3 Å². The molecule has 0 aliphatic carbocycles. The van der Waals surface area contributed by atoms with Crippen LogP contribution in [0.3, 0.4) is 0 Å². The lowest BCUT2D eigenvalue weighted by atomic mass is 9.99. The van der Waals surface area contributed by atoms with E-state index in [1.54, 1.807) is 16.7 Å². The van der Waals surface area contributed by atoms with Crippen molar-refractivity contribution < 1.29 is 9.59 Å². The molecule has 1 fully saturated rings. The molecule has 0 bridgehead atoms. The second-order valence-corrected chi connectivity index (χ2v) is 6.44. The van der Waals surface area contributed by atoms with Gasteiger partial charge >= 0.3 is 0 Å². The molecule has 22 heavy (non-hydrogen) atoms. The first-order valence-electron chi connectivity index (χ1n) is 7.13. The Hall–Kier alpha value is -1.40. The first-order chi connectivity index (χ1) is 10.1. The number of hydrogen-bond acceptors (Lipinski definition) is 4. The van der Waals surface area contributed by atoms with Crippen molar-refractivity contribution in [2.24, 2.45) is 0 Å². The summed E-state index contributed by atoms with van der Waals surface area (Å²) in [6.07, 6.45) is 1.81. The fourth-order valence-corrected chi connectivity index (χ4v) is 4.23. The van der Waals surface area contributed by atoms with Crippen LogP contribution in [0.5, 0.6) is 0 Å². The number of halogens is 1. The standard InChI is InChI=1S/C15H19N3O2S.ClH/c1-10(19)18-9-21-8-14(18)15(20)17-7-3-4-11-12(16)5-2-6-13(11)17;/h2,5-6,14H,3-4,7-9,16H2,1H3;1H. The van der Waals surface area contributed by atoms with E-state index in [4.69, 9.17) is 5.73 Å². The number of amides is 2. The molecule has 2 heterocycles. The molecule has 2 aliphatic heterocycles. The van der Waals surface area contributed by atoms with Gasteiger partial charge in [0.05, 0.1) is 5.88 Å². The lowest BCUT2D eigenvalue weighted by molar-refractivity contribution is -0.135. The van der Waals surface area contributed by atoms with Crippen LogP contribution in [0.1, 0.15) is 18.9 Å². The lowest BCUT2D eigenvalue weighted by Crippen LogP contribution is -2.50. The molecule has 2 aliphatic rings. The second kappa shape index (κ2) is 6.79. The molecule has 1 saturated heterocycles. The number of hydrogen-bond donors (Lipinski definition) is 1. The number of benzene rings is 1. The normalized spacial score (nSPS) is 20.3. The third-order valence-electron chi connectivity index (χ3n) is 4.12. The Morgan fingerprint density at radius 1 is 1.36 bits per heavy atom. The van der Waals surface area contributed by atoms with Crippen LogP contribution in [0.25, 0.3) is 0 Å². The summed E-state index contributed by atoms with van der Waals surface area (Å²) in [4.78, 5) is 28.0. The van der Waals surface area contributed by atoms with Crippen LogP contribution in [-0.2, 0) is 16.0 Å². The Morgan fingerprint density at radius 2 is 2.14 bits per heavy atom. The van der Waals surface area contributed by atoms with Crippen molar-refractivity contribution in [1.29, 1.82) is 0 Å². The molecule has 1 aromatic rings. The van der Waals surface area contributed by atoms with Gasteiger partial charge in [0, 0.05) is 30.6 Å². The van der Waals surface area contributed by atoms with E-state index < -0.39 is 0 Å². The molecule has 0 aromatic heterocycles. The highest BCUT2D eigenvalue weighted by Crippen LogP contribution is 2.33. The summed E-state index contributed by atoms with van der Waals surface area (Å²) in [5.74, 6) is 1.25. The van der Waals surface area contributed by atoms with Crippen LogP contribution in [0.4, 0.5) is 11.4 Å². The Bertz CT molecular complexity index is 596. The number of rotatable bonds is 1. The zero-order valence-electron chi connectivity index (χ0n) is 12.4. The average molecular weight is 342 g/mol. The Kier molecular flexibility index (Phi) is 5.24. The molecule has 3 rings (SSSR count). The van der Waals surface area contributed by atoms with E-state index >= 15 is 0 Å². The zero-order chi connectivity index (χ0) is 15.0. The molecular formula is C15H20ClN3O2S. The average Bonchev–Trinajstić information content (AvgIpc) is 2.96. The molecule has 0 spiro atoms. The highest BCUT2D eigenvalue weighted by Gasteiger charge is 2.37. The van der Waals surface area contributed by atoms with Gasteiger partial charge in [-0.3, -0.25) is 9.59 Å². The maximum absolute atomic E-state index is 12.9. The minimum absolute atomic E-state index is 0. The first kappa shape index (κ1) is 17.0. The van der Waals surface area contributed by atoms with Gasteiger partial charge in [-0.2, -0.15) is 0 Å². The number of carbonyl (C=O) groups excluding carboxylic acids is 2. The Morgan fingerprint density at radius 3 is 2.86 bits per heavy atom. The van der Waals surface area contributed by atoms with E-state index in [1.807, 2.05) is 23.1 Å². The van der Waals surface area contributed by atoms with Crippen LogP contribution >= 0.6 is 24.2 Å². The lowest BCUT2D eigenvalue weighted by Gasteiger charge is -2.34. The van der Waals surface area contributed by atoms with Crippen LogP contribution in [0.2, 0.25) is 0 Å². The van der Waals surface area contributed by atoms with Crippen molar-refractivity contribution in [3.05, 3.63) is 23.8 Å². The summed E-state index contributed by atoms with van der Waals surface area (Å²) in [6.45, 7) is 2.22. The molecule has 0 radical (unpaired) electrons. The number of thioether (sulfide) groups is 1. The SMILES string of the molecule is CC(=O)N1CSCC1C(=O)N1CCCc2c(N)cccc21.Cl. The summed E-state index contributed by atoms with van der Waals surface area (Å²) < 4.78 is 0. The maximum Gasteiger partial charge on any atom is 0.250 e. The summed E-state index contributed by atoms with van der Waals surface area (Å²) >= 11 is 1.63. The van der Waals surface area contributed by atoms with Gasteiger partial charge in [0.1, 0.15) is 6.04 Å². The van der Waals surface area contributed by atoms with Gasteiger partial charge in [-0.05, 0) is 30.5 Å². The molecule has 120 valence electrons. The molecule has 7 heteroatoms. The van der Waals surface area contributed by atoms with Crippen LogP contribution in [-0.4, -0.2) is 40.9 Å². The molecule has 1 atom stereocenters. The van der Waals surface area contributed by atoms with Crippen molar-refractivity contribution in [3.63, 3.8) is 0 Å². The third-order valence-corrected chi connectivity index (χ3v) is 5.14. The maximum atomic E-state index is 12.9. The van der Waals surface area contributed by atoms with E-state index in [0.717, 1.165) is 29.8 Å². The molecule has 5 nitrogen and oxygen atoms in total. The summed E-state index contributed by atoms with van der Waals surface area (Å²) in [5, 5.41) is 0. The molecule has 2 amide bonds. The van der Waals surface area contributed by atoms with E-state index in [2.05, 4.69) is 0 Å². The number of carbonyl (C=O) groups is 2. The van der Waals surface area contributed by atoms with Gasteiger partial charge in [0.15, 0.2) is 0 Å². The zero-order valence-corrected chi connectivity index (χ0v) is 14.1. The molecule has 2 N–H and O–H groups in total. The minimum Gasteiger partial charge on any atom is -0.398 e. The number of nitrogen functional groups attached to an aromatic ring is 1. The van der Waals surface area contributed by atoms with Crippen LogP contribution < -0.4 is 10.6 Å². The third kappa shape index (κ3) is 2.90. The van der Waals surface area contributed by atoms with Crippen molar-refractivity contribution >= 4 is 47.4 Å². The van der Waals surface area contributed by atoms with Crippen molar-refractivity contribution in [3.8, 4) is 0 Å². The summed E-state index contributed by atoms with van der Waals surface area (Å²) in [5.41, 5.74) is 8.73. The fraction of sp³-hybridized carbons (Fsp3) is 0.467. The van der Waals surface area contributed by atoms with Gasteiger partial charge in [0.25, 0.3) is 5.91 Å². The van der Waals surface area contributed by atoms with Gasteiger partial charge < -0.3 is 15.5 Å². The topological polar surface area (TPSA) is 66.6 Å². The number of anilines is 2. The second-order valence-electron chi connectivity index (χ2n) is 5.44. The largest absolute Gasteiger partial charge is 0.398 e. The minimum atomic E-state index is -0.347.